The van der Waals surface area contributed by atoms with Gasteiger partial charge in [0.25, 0.3) is 0 Å². The monoisotopic (exact) mass is 297 g/mol. The largest absolute Gasteiger partial charge is 0.453 e. The standard InChI is InChI=1S/C17H19N3O2/c1-4-12-8-7-9-13(10-12)22-17-14(5-2)19-20(11-16(18)21)15(17)6-3/h1,7-10H,5-6,11H2,2-3H3,(H2,18,21). The number of nitrogens with zero attached hydrogens (tertiary/aromatic N) is 2. The quantitative estimate of drug-likeness (QED) is 0.831. The fourth-order valence-electron chi connectivity index (χ4n) is 2.27. The number of hydrogen-bond acceptors (Lipinski definition) is 3. The molecule has 1 amide bonds. The number of amides is 1. The van der Waals surface area contributed by atoms with Crippen molar-refractivity contribution in [2.24, 2.45) is 5.73 Å². The molecular weight excluding hydrogens is 278 g/mol. The van der Waals surface area contributed by atoms with Crippen molar-refractivity contribution in [3.05, 3.63) is 41.2 Å². The average molecular weight is 297 g/mol. The zero-order valence-corrected chi connectivity index (χ0v) is 12.8. The van der Waals surface area contributed by atoms with Crippen molar-refractivity contribution in [3.63, 3.8) is 0 Å². The van der Waals surface area contributed by atoms with Gasteiger partial charge in [-0.3, -0.25) is 9.48 Å². The molecule has 1 aromatic carbocycles. The summed E-state index contributed by atoms with van der Waals surface area (Å²) in [5.41, 5.74) is 7.67. The lowest BCUT2D eigenvalue weighted by atomic mass is 10.2. The summed E-state index contributed by atoms with van der Waals surface area (Å²) in [7, 11) is 0. The van der Waals surface area contributed by atoms with Gasteiger partial charge >= 0.3 is 0 Å². The van der Waals surface area contributed by atoms with Gasteiger partial charge in [-0.1, -0.05) is 25.8 Å². The van der Waals surface area contributed by atoms with E-state index < -0.39 is 5.91 Å². The summed E-state index contributed by atoms with van der Waals surface area (Å²) < 4.78 is 7.61. The number of benzene rings is 1. The molecule has 0 saturated carbocycles. The highest BCUT2D eigenvalue weighted by Gasteiger charge is 2.18. The summed E-state index contributed by atoms with van der Waals surface area (Å²) in [6, 6.07) is 7.32. The van der Waals surface area contributed by atoms with Crippen LogP contribution < -0.4 is 10.5 Å². The van der Waals surface area contributed by atoms with Gasteiger partial charge < -0.3 is 10.5 Å². The fraction of sp³-hybridized carbons (Fsp3) is 0.294. The second kappa shape index (κ2) is 6.81. The minimum absolute atomic E-state index is 0.0456. The van der Waals surface area contributed by atoms with E-state index in [4.69, 9.17) is 16.9 Å². The summed E-state index contributed by atoms with van der Waals surface area (Å²) in [6.45, 7) is 4.02. The Balaban J connectivity index is 2.42. The predicted molar refractivity (Wildman–Crippen MR) is 84.6 cm³/mol. The Hall–Kier alpha value is -2.74. The molecule has 0 unspecified atom stereocenters. The van der Waals surface area contributed by atoms with Crippen molar-refractivity contribution in [3.8, 4) is 23.8 Å². The Kier molecular flexibility index (Phi) is 4.84. The van der Waals surface area contributed by atoms with Crippen LogP contribution in [0.1, 0.15) is 30.8 Å². The number of ether oxygens (including phenoxy) is 1. The maximum atomic E-state index is 11.2. The molecule has 0 aliphatic carbocycles. The van der Waals surface area contributed by atoms with Gasteiger partial charge in [-0.15, -0.1) is 6.42 Å². The molecule has 2 aromatic rings. The second-order valence-corrected chi connectivity index (χ2v) is 4.83. The maximum absolute atomic E-state index is 11.2. The minimum atomic E-state index is -0.430. The molecule has 0 aliphatic heterocycles. The molecule has 22 heavy (non-hydrogen) atoms. The highest BCUT2D eigenvalue weighted by Crippen LogP contribution is 2.30. The van der Waals surface area contributed by atoms with Gasteiger partial charge in [-0.25, -0.2) is 0 Å². The normalized spacial score (nSPS) is 10.2. The van der Waals surface area contributed by atoms with E-state index in [-0.39, 0.29) is 6.54 Å². The SMILES string of the molecule is C#Cc1cccc(Oc2c(CC)nn(CC(N)=O)c2CC)c1. The Morgan fingerprint density at radius 3 is 2.77 bits per heavy atom. The Morgan fingerprint density at radius 2 is 2.18 bits per heavy atom. The van der Waals surface area contributed by atoms with Crippen LogP contribution in [0.25, 0.3) is 0 Å². The molecule has 0 atom stereocenters. The lowest BCUT2D eigenvalue weighted by Gasteiger charge is -2.09. The number of terminal acetylenes is 1. The summed E-state index contributed by atoms with van der Waals surface area (Å²) in [5.74, 6) is 3.48. The third-order valence-electron chi connectivity index (χ3n) is 3.27. The first-order valence-electron chi connectivity index (χ1n) is 7.20. The van der Waals surface area contributed by atoms with Crippen LogP contribution in [0, 0.1) is 12.3 Å². The first kappa shape index (κ1) is 15.6. The topological polar surface area (TPSA) is 70.1 Å². The molecule has 1 aromatic heterocycles. The third kappa shape index (κ3) is 3.29. The number of nitrogens with two attached hydrogens (primary N) is 1. The molecule has 5 heteroatoms. The van der Waals surface area contributed by atoms with Crippen LogP contribution in [0.4, 0.5) is 0 Å². The fourth-order valence-corrected chi connectivity index (χ4v) is 2.27. The summed E-state index contributed by atoms with van der Waals surface area (Å²) >= 11 is 0. The highest BCUT2D eigenvalue weighted by molar-refractivity contribution is 5.73. The first-order chi connectivity index (χ1) is 10.6. The van der Waals surface area contributed by atoms with Crippen LogP contribution >= 0.6 is 0 Å². The van der Waals surface area contributed by atoms with Gasteiger partial charge in [0.15, 0.2) is 5.75 Å². The van der Waals surface area contributed by atoms with Crippen molar-refractivity contribution < 1.29 is 9.53 Å². The molecule has 5 nitrogen and oxygen atoms in total. The van der Waals surface area contributed by atoms with Crippen LogP contribution in [0.2, 0.25) is 0 Å². The molecule has 114 valence electrons. The second-order valence-electron chi connectivity index (χ2n) is 4.83. The van der Waals surface area contributed by atoms with Crippen molar-refractivity contribution in [2.45, 2.75) is 33.2 Å². The lowest BCUT2D eigenvalue weighted by molar-refractivity contribution is -0.118. The van der Waals surface area contributed by atoms with E-state index in [1.807, 2.05) is 32.0 Å². The smallest absolute Gasteiger partial charge is 0.239 e. The van der Waals surface area contributed by atoms with Crippen LogP contribution in [0.3, 0.4) is 0 Å². The Bertz CT molecular complexity index is 726. The van der Waals surface area contributed by atoms with Crippen LogP contribution in [-0.4, -0.2) is 15.7 Å². The molecule has 0 bridgehead atoms. The number of carbonyl (C=O) groups is 1. The highest BCUT2D eigenvalue weighted by atomic mass is 16.5. The number of hydrogen-bond donors (Lipinski definition) is 1. The van der Waals surface area contributed by atoms with Gasteiger partial charge in [0.1, 0.15) is 18.0 Å². The lowest BCUT2D eigenvalue weighted by Crippen LogP contribution is -2.20. The first-order valence-corrected chi connectivity index (χ1v) is 7.20. The molecule has 0 aliphatic rings. The van der Waals surface area contributed by atoms with E-state index in [1.165, 1.54) is 0 Å². The molecule has 2 N–H and O–H groups in total. The Morgan fingerprint density at radius 1 is 1.41 bits per heavy atom. The number of primary amides is 1. The van der Waals surface area contributed by atoms with E-state index >= 15 is 0 Å². The van der Waals surface area contributed by atoms with Gasteiger partial charge in [-0.2, -0.15) is 5.10 Å². The molecular formula is C17H19N3O2. The van der Waals surface area contributed by atoms with Crippen molar-refractivity contribution in [2.75, 3.05) is 0 Å². The molecule has 0 spiro atoms. The zero-order chi connectivity index (χ0) is 16.1. The summed E-state index contributed by atoms with van der Waals surface area (Å²) in [4.78, 5) is 11.2. The van der Waals surface area contributed by atoms with Gasteiger partial charge in [-0.05, 0) is 31.0 Å². The molecule has 0 fully saturated rings. The summed E-state index contributed by atoms with van der Waals surface area (Å²) in [5, 5.41) is 4.43. The van der Waals surface area contributed by atoms with Gasteiger partial charge in [0.2, 0.25) is 5.91 Å². The number of aromatic nitrogens is 2. The van der Waals surface area contributed by atoms with E-state index in [0.29, 0.717) is 24.3 Å². The van der Waals surface area contributed by atoms with Crippen LogP contribution in [-0.2, 0) is 24.2 Å². The van der Waals surface area contributed by atoms with Crippen LogP contribution in [0.5, 0.6) is 11.5 Å². The Labute approximate surface area is 130 Å². The molecule has 2 rings (SSSR count). The van der Waals surface area contributed by atoms with E-state index in [9.17, 15) is 4.79 Å². The molecule has 0 radical (unpaired) electrons. The van der Waals surface area contributed by atoms with Gasteiger partial charge in [0, 0.05) is 5.56 Å². The zero-order valence-electron chi connectivity index (χ0n) is 12.8. The molecule has 0 saturated heterocycles. The third-order valence-corrected chi connectivity index (χ3v) is 3.27. The van der Waals surface area contributed by atoms with Crippen LogP contribution in [0.15, 0.2) is 24.3 Å². The summed E-state index contributed by atoms with van der Waals surface area (Å²) in [6.07, 6.45) is 6.79. The average Bonchev–Trinajstić information content (AvgIpc) is 2.83. The number of rotatable bonds is 6. The van der Waals surface area contributed by atoms with Crippen molar-refractivity contribution >= 4 is 5.91 Å². The maximum Gasteiger partial charge on any atom is 0.239 e. The van der Waals surface area contributed by atoms with E-state index in [0.717, 1.165) is 17.0 Å². The van der Waals surface area contributed by atoms with Crippen molar-refractivity contribution in [1.29, 1.82) is 0 Å². The number of carbonyl (C=O) groups excluding carboxylic acids is 1. The predicted octanol–water partition coefficient (Wildman–Crippen LogP) is 2.27. The van der Waals surface area contributed by atoms with E-state index in [2.05, 4.69) is 11.0 Å². The van der Waals surface area contributed by atoms with Gasteiger partial charge in [0.05, 0.1) is 5.69 Å². The number of aryl methyl sites for hydroxylation is 1. The minimum Gasteiger partial charge on any atom is -0.453 e. The molecule has 1 heterocycles. The van der Waals surface area contributed by atoms with Crippen molar-refractivity contribution in [1.82, 2.24) is 9.78 Å². The van der Waals surface area contributed by atoms with E-state index in [1.54, 1.807) is 10.7 Å².